The summed E-state index contributed by atoms with van der Waals surface area (Å²) in [5.41, 5.74) is 7.65. The van der Waals surface area contributed by atoms with Crippen molar-refractivity contribution in [3.63, 3.8) is 0 Å². The number of carbonyl (C=O) groups excluding carboxylic acids is 2. The maximum Gasteiger partial charge on any atom is 0.274 e. The van der Waals surface area contributed by atoms with Gasteiger partial charge in [0.1, 0.15) is 18.0 Å². The van der Waals surface area contributed by atoms with E-state index < -0.39 is 11.8 Å². The molecule has 202 valence electrons. The summed E-state index contributed by atoms with van der Waals surface area (Å²) < 4.78 is 6.50. The average molecular weight is 578 g/mol. The SMILES string of the molecule is COc1ccc(-c2nnn(Cc3cc(C(=O)Nc4c(C)cc(Cl)cc4C(N)=O)n(-c4ncccc4Cl)n3)n2)cc1. The summed E-state index contributed by atoms with van der Waals surface area (Å²) in [6, 6.07) is 15.1. The normalized spacial score (nSPS) is 10.9. The number of amides is 2. The first-order valence-electron chi connectivity index (χ1n) is 11.8. The van der Waals surface area contributed by atoms with E-state index in [-0.39, 0.29) is 34.3 Å². The van der Waals surface area contributed by atoms with Crippen molar-refractivity contribution in [1.29, 1.82) is 0 Å². The molecule has 0 saturated heterocycles. The van der Waals surface area contributed by atoms with Gasteiger partial charge in [0, 0.05) is 16.8 Å². The topological polar surface area (TPSA) is 156 Å². The second kappa shape index (κ2) is 11.1. The number of benzene rings is 2. The predicted molar refractivity (Wildman–Crippen MR) is 148 cm³/mol. The van der Waals surface area contributed by atoms with Crippen LogP contribution in [0.5, 0.6) is 5.75 Å². The van der Waals surface area contributed by atoms with Crippen LogP contribution in [0.1, 0.15) is 32.1 Å². The van der Waals surface area contributed by atoms with E-state index in [0.29, 0.717) is 27.9 Å². The number of primary amides is 1. The number of nitrogens with zero attached hydrogens (tertiary/aromatic N) is 7. The molecule has 3 heterocycles. The Labute approximate surface area is 237 Å². The van der Waals surface area contributed by atoms with E-state index in [1.54, 1.807) is 50.4 Å². The molecule has 5 rings (SSSR count). The Balaban J connectivity index is 1.49. The molecule has 0 fully saturated rings. The highest BCUT2D eigenvalue weighted by Gasteiger charge is 2.23. The van der Waals surface area contributed by atoms with Gasteiger partial charge in [-0.3, -0.25) is 9.59 Å². The number of methoxy groups -OCH3 is 1. The smallest absolute Gasteiger partial charge is 0.274 e. The minimum atomic E-state index is -0.743. The van der Waals surface area contributed by atoms with Crippen molar-refractivity contribution >= 4 is 40.7 Å². The highest BCUT2D eigenvalue weighted by atomic mass is 35.5. The lowest BCUT2D eigenvalue weighted by Crippen LogP contribution is -2.21. The van der Waals surface area contributed by atoms with Gasteiger partial charge >= 0.3 is 0 Å². The molecule has 0 bridgehead atoms. The number of nitrogens with two attached hydrogens (primary N) is 1. The van der Waals surface area contributed by atoms with E-state index in [9.17, 15) is 9.59 Å². The van der Waals surface area contributed by atoms with Crippen molar-refractivity contribution in [2.45, 2.75) is 13.5 Å². The van der Waals surface area contributed by atoms with Crippen LogP contribution in [-0.4, -0.2) is 53.9 Å². The molecular formula is C26H21Cl2N9O3. The summed E-state index contributed by atoms with van der Waals surface area (Å²) in [6.07, 6.45) is 1.53. The van der Waals surface area contributed by atoms with Crippen LogP contribution in [-0.2, 0) is 6.54 Å². The molecule has 5 aromatic rings. The molecule has 3 N–H and O–H groups in total. The number of hydrogen-bond donors (Lipinski definition) is 2. The van der Waals surface area contributed by atoms with Crippen LogP contribution in [0.4, 0.5) is 5.69 Å². The van der Waals surface area contributed by atoms with Gasteiger partial charge in [0.2, 0.25) is 5.82 Å². The van der Waals surface area contributed by atoms with E-state index in [1.165, 1.54) is 21.7 Å². The molecule has 0 aliphatic rings. The Hall–Kier alpha value is -4.81. The largest absolute Gasteiger partial charge is 0.497 e. The molecule has 2 aromatic carbocycles. The van der Waals surface area contributed by atoms with E-state index in [1.807, 2.05) is 12.1 Å². The first kappa shape index (κ1) is 26.8. The molecule has 0 spiro atoms. The van der Waals surface area contributed by atoms with Gasteiger partial charge < -0.3 is 15.8 Å². The number of aromatic nitrogens is 7. The first-order valence-corrected chi connectivity index (χ1v) is 12.5. The second-order valence-electron chi connectivity index (χ2n) is 8.58. The fourth-order valence-corrected chi connectivity index (χ4v) is 4.43. The van der Waals surface area contributed by atoms with Gasteiger partial charge in [-0.05, 0) is 72.3 Å². The standard InChI is InChI=1S/C26H21Cl2N9O3/c1-14-10-16(27)11-19(23(29)38)22(14)31-26(39)21-12-17(33-37(21)25-20(28)4-3-9-30-25)13-36-34-24(32-35-36)15-5-7-18(40-2)8-6-15/h3-12H,13H2,1-2H3,(H2,29,38)(H,31,39). The number of carbonyl (C=O) groups is 2. The van der Waals surface area contributed by atoms with Gasteiger partial charge in [0.05, 0.1) is 29.1 Å². The Morgan fingerprint density at radius 1 is 1.07 bits per heavy atom. The Morgan fingerprint density at radius 3 is 2.55 bits per heavy atom. The van der Waals surface area contributed by atoms with Gasteiger partial charge in [0.25, 0.3) is 11.8 Å². The van der Waals surface area contributed by atoms with E-state index >= 15 is 0 Å². The molecule has 0 radical (unpaired) electrons. The number of rotatable bonds is 8. The zero-order valence-electron chi connectivity index (χ0n) is 21.2. The summed E-state index contributed by atoms with van der Waals surface area (Å²) >= 11 is 12.5. The summed E-state index contributed by atoms with van der Waals surface area (Å²) in [6.45, 7) is 1.79. The highest BCUT2D eigenvalue weighted by molar-refractivity contribution is 6.32. The van der Waals surface area contributed by atoms with Gasteiger partial charge in [-0.25, -0.2) is 9.67 Å². The number of nitrogens with one attached hydrogen (secondary N) is 1. The molecule has 0 saturated carbocycles. The lowest BCUT2D eigenvalue weighted by Gasteiger charge is -2.13. The van der Waals surface area contributed by atoms with Crippen molar-refractivity contribution in [3.05, 3.63) is 93.4 Å². The number of aryl methyl sites for hydroxylation is 1. The third-order valence-corrected chi connectivity index (χ3v) is 6.35. The van der Waals surface area contributed by atoms with Crippen molar-refractivity contribution in [2.75, 3.05) is 12.4 Å². The second-order valence-corrected chi connectivity index (χ2v) is 9.42. The molecule has 14 heteroatoms. The minimum Gasteiger partial charge on any atom is -0.497 e. The summed E-state index contributed by atoms with van der Waals surface area (Å²) in [5.74, 6) is 0.0167. The summed E-state index contributed by atoms with van der Waals surface area (Å²) in [4.78, 5) is 31.2. The van der Waals surface area contributed by atoms with Crippen LogP contribution < -0.4 is 15.8 Å². The van der Waals surface area contributed by atoms with Crippen LogP contribution in [0.2, 0.25) is 10.0 Å². The summed E-state index contributed by atoms with van der Waals surface area (Å²) in [5, 5.41) is 20.5. The fourth-order valence-electron chi connectivity index (χ4n) is 3.96. The van der Waals surface area contributed by atoms with Crippen molar-refractivity contribution < 1.29 is 14.3 Å². The number of pyridine rings is 1. The minimum absolute atomic E-state index is 0.0679. The zero-order chi connectivity index (χ0) is 28.4. The lowest BCUT2D eigenvalue weighted by molar-refractivity contribution is 0.100. The summed E-state index contributed by atoms with van der Waals surface area (Å²) in [7, 11) is 1.59. The van der Waals surface area contributed by atoms with Crippen LogP contribution in [0.15, 0.2) is 60.8 Å². The third-order valence-electron chi connectivity index (χ3n) is 5.84. The molecule has 2 amide bonds. The highest BCUT2D eigenvalue weighted by Crippen LogP contribution is 2.27. The predicted octanol–water partition coefficient (Wildman–Crippen LogP) is 3.94. The van der Waals surface area contributed by atoms with Crippen molar-refractivity contribution in [1.82, 2.24) is 35.0 Å². The van der Waals surface area contributed by atoms with E-state index in [4.69, 9.17) is 33.7 Å². The number of hydrogen-bond acceptors (Lipinski definition) is 8. The van der Waals surface area contributed by atoms with Gasteiger partial charge in [0.15, 0.2) is 5.82 Å². The van der Waals surface area contributed by atoms with Crippen molar-refractivity contribution in [2.24, 2.45) is 5.73 Å². The first-order chi connectivity index (χ1) is 19.2. The number of tetrazole rings is 1. The molecule has 3 aromatic heterocycles. The third kappa shape index (κ3) is 5.48. The maximum atomic E-state index is 13.6. The van der Waals surface area contributed by atoms with Crippen molar-refractivity contribution in [3.8, 4) is 23.0 Å². The quantitative estimate of drug-likeness (QED) is 0.281. The average Bonchev–Trinajstić information content (AvgIpc) is 3.58. The van der Waals surface area contributed by atoms with Crippen LogP contribution >= 0.6 is 23.2 Å². The molecule has 0 aliphatic heterocycles. The van der Waals surface area contributed by atoms with Crippen LogP contribution in [0, 0.1) is 6.92 Å². The molecule has 40 heavy (non-hydrogen) atoms. The number of ether oxygens (including phenoxy) is 1. The lowest BCUT2D eigenvalue weighted by atomic mass is 10.1. The molecule has 0 unspecified atom stereocenters. The molecule has 0 aliphatic carbocycles. The monoisotopic (exact) mass is 577 g/mol. The van der Waals surface area contributed by atoms with Crippen LogP contribution in [0.25, 0.3) is 17.2 Å². The zero-order valence-corrected chi connectivity index (χ0v) is 22.7. The molecular weight excluding hydrogens is 557 g/mol. The van der Waals surface area contributed by atoms with E-state index in [0.717, 1.165) is 5.56 Å². The van der Waals surface area contributed by atoms with Gasteiger partial charge in [-0.1, -0.05) is 23.2 Å². The van der Waals surface area contributed by atoms with E-state index in [2.05, 4.69) is 30.8 Å². The number of anilines is 1. The number of halogens is 2. The van der Waals surface area contributed by atoms with Gasteiger partial charge in [-0.15, -0.1) is 10.2 Å². The molecule has 0 atom stereocenters. The Morgan fingerprint density at radius 2 is 1.85 bits per heavy atom. The maximum absolute atomic E-state index is 13.6. The molecule has 12 nitrogen and oxygen atoms in total. The fraction of sp³-hybridized carbons (Fsp3) is 0.115. The Bertz CT molecular complexity index is 1730. The van der Waals surface area contributed by atoms with Gasteiger partial charge in [-0.2, -0.15) is 9.90 Å². The van der Waals surface area contributed by atoms with Crippen LogP contribution in [0.3, 0.4) is 0 Å². The Kier molecular flexibility index (Phi) is 7.45.